The van der Waals surface area contributed by atoms with Gasteiger partial charge in [-0.2, -0.15) is 0 Å². The average Bonchev–Trinajstić information content (AvgIpc) is 2.42. The number of hydrogen-bond acceptors (Lipinski definition) is 4. The highest BCUT2D eigenvalue weighted by Gasteiger charge is 2.54. The number of rotatable bonds is 10. The molecule has 0 aliphatic heterocycles. The van der Waals surface area contributed by atoms with Crippen LogP contribution in [0.25, 0.3) is 0 Å². The molecular weight excluding hydrogens is 405 g/mol. The van der Waals surface area contributed by atoms with Gasteiger partial charge in [0.1, 0.15) is 0 Å². The molecule has 0 heterocycles. The molecule has 0 N–H and O–H groups in total. The summed E-state index contributed by atoms with van der Waals surface area (Å²) in [5.41, 5.74) is -0.247. The molecule has 0 saturated carbocycles. The van der Waals surface area contributed by atoms with Gasteiger partial charge in [-0.15, -0.1) is 0 Å². The lowest BCUT2D eigenvalue weighted by Gasteiger charge is -2.44. The van der Waals surface area contributed by atoms with E-state index in [2.05, 4.69) is 85.3 Å². The molecule has 0 spiro atoms. The van der Waals surface area contributed by atoms with Gasteiger partial charge in [0.2, 0.25) is 0 Å². The van der Waals surface area contributed by atoms with Crippen LogP contribution >= 0.6 is 0 Å². The van der Waals surface area contributed by atoms with E-state index in [1.54, 1.807) is 0 Å². The van der Waals surface area contributed by atoms with Gasteiger partial charge in [-0.1, -0.05) is 37.3 Å². The predicted molar refractivity (Wildman–Crippen MR) is 124 cm³/mol. The van der Waals surface area contributed by atoms with Gasteiger partial charge in [-0.25, -0.2) is 0 Å². The van der Waals surface area contributed by atoms with Crippen LogP contribution in [0.1, 0.15) is 27.2 Å². The van der Waals surface area contributed by atoms with Crippen molar-refractivity contribution in [2.45, 2.75) is 78.6 Å². The summed E-state index contributed by atoms with van der Waals surface area (Å²) in [5, 5.41) is 0.995. The van der Waals surface area contributed by atoms with Gasteiger partial charge >= 0.3 is 17.4 Å². The molecule has 0 aliphatic rings. The Bertz CT molecular complexity index is 576. The standard InChI is InChI=1S/C19H39O4Si4/c1-12-19(2,3)20-26(10,11)23-27(21-24(4,5)6,22-25(7,8)9)18-16-14-13-15-17-18/h13-17H,4,12H2,1-3,5-11H3. The molecule has 0 amide bonds. The zero-order chi connectivity index (χ0) is 21.1. The summed E-state index contributed by atoms with van der Waals surface area (Å²) >= 11 is 0. The summed E-state index contributed by atoms with van der Waals surface area (Å²) in [6.07, 6.45) is 0.915. The van der Waals surface area contributed by atoms with E-state index in [4.69, 9.17) is 16.8 Å². The minimum absolute atomic E-state index is 0.247. The van der Waals surface area contributed by atoms with E-state index in [-0.39, 0.29) is 5.60 Å². The van der Waals surface area contributed by atoms with Gasteiger partial charge in [-0.3, -0.25) is 0 Å². The normalized spacial score (nSPS) is 14.5. The highest BCUT2D eigenvalue weighted by Crippen LogP contribution is 2.29. The molecule has 27 heavy (non-hydrogen) atoms. The molecule has 1 radical (unpaired) electrons. The van der Waals surface area contributed by atoms with Gasteiger partial charge in [0.15, 0.2) is 16.6 Å². The van der Waals surface area contributed by atoms with Crippen molar-refractivity contribution in [2.24, 2.45) is 0 Å². The van der Waals surface area contributed by atoms with Crippen molar-refractivity contribution in [3.63, 3.8) is 0 Å². The maximum absolute atomic E-state index is 6.84. The van der Waals surface area contributed by atoms with E-state index in [0.717, 1.165) is 11.6 Å². The number of hydrogen-bond donors (Lipinski definition) is 0. The highest BCUT2D eigenvalue weighted by atomic mass is 28.5. The lowest BCUT2D eigenvalue weighted by atomic mass is 10.1. The zero-order valence-electron chi connectivity index (χ0n) is 18.9. The molecule has 1 unspecified atom stereocenters. The average molecular weight is 444 g/mol. The van der Waals surface area contributed by atoms with E-state index >= 15 is 0 Å². The molecule has 1 rings (SSSR count). The second kappa shape index (κ2) is 8.74. The van der Waals surface area contributed by atoms with Crippen LogP contribution in [-0.4, -0.2) is 39.6 Å². The number of benzene rings is 1. The first kappa shape index (κ1) is 25.0. The monoisotopic (exact) mass is 443 g/mol. The fourth-order valence-corrected chi connectivity index (χ4v) is 16.7. The van der Waals surface area contributed by atoms with Crippen LogP contribution in [0, 0.1) is 6.55 Å². The van der Waals surface area contributed by atoms with Gasteiger partial charge in [0.25, 0.3) is 0 Å². The highest BCUT2D eigenvalue weighted by molar-refractivity contribution is 6.95. The smallest absolute Gasteiger partial charge is 0.414 e. The molecule has 155 valence electrons. The SMILES string of the molecule is [CH2][Si](C)(C)O[Si](O[Si](C)(C)C)(O[Si](C)(C)OC(C)(C)CC)c1ccccc1. The van der Waals surface area contributed by atoms with Crippen LogP contribution < -0.4 is 5.19 Å². The minimum atomic E-state index is -3.19. The summed E-state index contributed by atoms with van der Waals surface area (Å²) in [4.78, 5) is 0. The van der Waals surface area contributed by atoms with Crippen LogP contribution in [0.3, 0.4) is 0 Å². The van der Waals surface area contributed by atoms with E-state index in [1.165, 1.54) is 0 Å². The molecule has 8 heteroatoms. The molecule has 1 atom stereocenters. The first-order valence-corrected chi connectivity index (χ1v) is 20.8. The lowest BCUT2D eigenvalue weighted by molar-refractivity contribution is 0.0630. The van der Waals surface area contributed by atoms with Gasteiger partial charge in [-0.05, 0) is 72.6 Å². The van der Waals surface area contributed by atoms with Crippen molar-refractivity contribution < 1.29 is 16.8 Å². The van der Waals surface area contributed by atoms with Crippen LogP contribution in [0.15, 0.2) is 30.3 Å². The second-order valence-electron chi connectivity index (χ2n) is 9.72. The first-order valence-electron chi connectivity index (χ1n) is 9.71. The lowest BCUT2D eigenvalue weighted by Crippen LogP contribution is -2.68. The van der Waals surface area contributed by atoms with Crippen LogP contribution in [0.4, 0.5) is 0 Å². The molecule has 1 aromatic rings. The fraction of sp³-hybridized carbons (Fsp3) is 0.632. The van der Waals surface area contributed by atoms with Crippen molar-refractivity contribution in [3.8, 4) is 0 Å². The topological polar surface area (TPSA) is 36.9 Å². The zero-order valence-corrected chi connectivity index (χ0v) is 22.9. The van der Waals surface area contributed by atoms with Crippen molar-refractivity contribution >= 4 is 39.2 Å². The fourth-order valence-electron chi connectivity index (χ4n) is 2.73. The first-order chi connectivity index (χ1) is 12.0. The molecule has 0 saturated heterocycles. The Balaban J connectivity index is 3.45. The maximum Gasteiger partial charge on any atom is 0.507 e. The van der Waals surface area contributed by atoms with Crippen molar-refractivity contribution in [1.29, 1.82) is 0 Å². The molecule has 0 aromatic heterocycles. The van der Waals surface area contributed by atoms with Crippen LogP contribution in [0.2, 0.25) is 45.8 Å². The molecule has 0 bridgehead atoms. The molecule has 0 aliphatic carbocycles. The Kier molecular flexibility index (Phi) is 8.08. The van der Waals surface area contributed by atoms with Crippen molar-refractivity contribution in [1.82, 2.24) is 0 Å². The summed E-state index contributed by atoms with van der Waals surface area (Å²) in [6.45, 7) is 25.5. The summed E-state index contributed by atoms with van der Waals surface area (Å²) in [6, 6.07) is 10.1. The third-order valence-corrected chi connectivity index (χ3v) is 15.7. The van der Waals surface area contributed by atoms with Crippen LogP contribution in [-0.2, 0) is 16.8 Å². The molecule has 4 nitrogen and oxygen atoms in total. The molecule has 1 aromatic carbocycles. The molecule has 0 fully saturated rings. The Morgan fingerprint density at radius 1 is 0.852 bits per heavy atom. The summed E-state index contributed by atoms with van der Waals surface area (Å²) in [7, 11) is -9.90. The largest absolute Gasteiger partial charge is 0.507 e. The van der Waals surface area contributed by atoms with E-state index in [9.17, 15) is 0 Å². The van der Waals surface area contributed by atoms with Crippen molar-refractivity contribution in [3.05, 3.63) is 36.9 Å². The van der Waals surface area contributed by atoms with Crippen LogP contribution in [0.5, 0.6) is 0 Å². The van der Waals surface area contributed by atoms with E-state index in [0.29, 0.717) is 0 Å². The molecular formula is C19H39O4Si4. The summed E-state index contributed by atoms with van der Waals surface area (Å²) in [5.74, 6) is 0. The quantitative estimate of drug-likeness (QED) is 0.466. The Hall–Kier alpha value is -0.0725. The third kappa shape index (κ3) is 8.86. The summed E-state index contributed by atoms with van der Waals surface area (Å²) < 4.78 is 26.8. The minimum Gasteiger partial charge on any atom is -0.414 e. The van der Waals surface area contributed by atoms with E-state index in [1.807, 2.05) is 18.2 Å². The van der Waals surface area contributed by atoms with Crippen molar-refractivity contribution in [2.75, 3.05) is 0 Å². The van der Waals surface area contributed by atoms with Gasteiger partial charge in [0.05, 0.1) is 5.60 Å². The Labute approximate surface area is 171 Å². The van der Waals surface area contributed by atoms with Gasteiger partial charge in [0, 0.05) is 5.19 Å². The van der Waals surface area contributed by atoms with E-state index < -0.39 is 34.0 Å². The Morgan fingerprint density at radius 2 is 1.37 bits per heavy atom. The van der Waals surface area contributed by atoms with Gasteiger partial charge < -0.3 is 16.8 Å². The maximum atomic E-state index is 6.84. The second-order valence-corrected chi connectivity index (χ2v) is 24.6. The third-order valence-electron chi connectivity index (χ3n) is 3.73. The predicted octanol–water partition coefficient (Wildman–Crippen LogP) is 5.20. The Morgan fingerprint density at radius 3 is 1.78 bits per heavy atom.